The summed E-state index contributed by atoms with van der Waals surface area (Å²) in [7, 11) is 0. The molecule has 0 N–H and O–H groups in total. The van der Waals surface area contributed by atoms with Gasteiger partial charge in [0.15, 0.2) is 0 Å². The highest BCUT2D eigenvalue weighted by Crippen LogP contribution is 2.43. The maximum atomic E-state index is 5.43. The first-order valence-electron chi connectivity index (χ1n) is 21.6. The Balaban J connectivity index is 1.09. The lowest BCUT2D eigenvalue weighted by atomic mass is 10.0. The van der Waals surface area contributed by atoms with Gasteiger partial charge in [0.2, 0.25) is 11.9 Å². The number of fused-ring (bicyclic) bond motifs is 9. The zero-order chi connectivity index (χ0) is 42.1. The van der Waals surface area contributed by atoms with Crippen LogP contribution in [0.3, 0.4) is 0 Å². The van der Waals surface area contributed by atoms with Gasteiger partial charge in [0.05, 0.1) is 44.5 Å². The zero-order valence-electron chi connectivity index (χ0n) is 34.5. The van der Waals surface area contributed by atoms with Crippen LogP contribution in [0, 0.1) is 0 Å². The quantitative estimate of drug-likeness (QED) is 0.168. The van der Waals surface area contributed by atoms with Crippen molar-refractivity contribution in [3.63, 3.8) is 0 Å². The second-order valence-electron chi connectivity index (χ2n) is 16.2. The van der Waals surface area contributed by atoms with Crippen molar-refractivity contribution < 1.29 is 0 Å². The molecular formula is C58H36N6. The van der Waals surface area contributed by atoms with Crippen LogP contribution in [0.2, 0.25) is 0 Å². The largest absolute Gasteiger partial charge is 0.278 e. The number of benzene rings is 9. The Hall–Kier alpha value is -8.74. The van der Waals surface area contributed by atoms with Gasteiger partial charge in [-0.2, -0.15) is 0 Å². The van der Waals surface area contributed by atoms with Crippen LogP contribution in [0.1, 0.15) is 0 Å². The third-order valence-electron chi connectivity index (χ3n) is 12.6. The van der Waals surface area contributed by atoms with Crippen molar-refractivity contribution in [3.05, 3.63) is 218 Å². The molecule has 13 rings (SSSR count). The highest BCUT2D eigenvalue weighted by atomic mass is 15.2. The SMILES string of the molecule is c1ccc(-c2ccc3c(-c4ccccc4)nc(-n4c5ccccc5c5c6c7ccccc7n(-c7nc(-c8ccccc8)c8ccc(-c9ccccc9)cc8n7)c6ccc54)nc3c2)cc1. The van der Waals surface area contributed by atoms with Crippen LogP contribution < -0.4 is 0 Å². The van der Waals surface area contributed by atoms with Crippen LogP contribution in [0.15, 0.2) is 218 Å². The highest BCUT2D eigenvalue weighted by molar-refractivity contribution is 6.28. The summed E-state index contributed by atoms with van der Waals surface area (Å²) in [6.45, 7) is 0. The summed E-state index contributed by atoms with van der Waals surface area (Å²) in [5.74, 6) is 1.23. The molecule has 0 amide bonds. The van der Waals surface area contributed by atoms with E-state index in [2.05, 4.69) is 203 Å². The average Bonchev–Trinajstić information content (AvgIpc) is 3.89. The molecule has 6 heteroatoms. The van der Waals surface area contributed by atoms with Gasteiger partial charge in [-0.15, -0.1) is 0 Å². The number of para-hydroxylation sites is 2. The van der Waals surface area contributed by atoms with E-state index in [0.717, 1.165) is 110 Å². The smallest absolute Gasteiger partial charge is 0.235 e. The van der Waals surface area contributed by atoms with E-state index in [4.69, 9.17) is 19.9 Å². The normalized spacial score (nSPS) is 11.8. The number of rotatable bonds is 6. The molecule has 64 heavy (non-hydrogen) atoms. The molecule has 9 aromatic carbocycles. The number of hydrogen-bond acceptors (Lipinski definition) is 4. The molecule has 4 heterocycles. The Kier molecular flexibility index (Phi) is 8.11. The van der Waals surface area contributed by atoms with E-state index in [-0.39, 0.29) is 0 Å². The summed E-state index contributed by atoms with van der Waals surface area (Å²) >= 11 is 0. The van der Waals surface area contributed by atoms with Crippen LogP contribution >= 0.6 is 0 Å². The van der Waals surface area contributed by atoms with Gasteiger partial charge in [-0.05, 0) is 70.8 Å². The minimum atomic E-state index is 0.616. The van der Waals surface area contributed by atoms with Crippen molar-refractivity contribution in [1.82, 2.24) is 29.1 Å². The fourth-order valence-corrected chi connectivity index (χ4v) is 9.64. The molecule has 6 nitrogen and oxygen atoms in total. The van der Waals surface area contributed by atoms with Crippen LogP contribution in [-0.4, -0.2) is 29.1 Å². The Morgan fingerprint density at radius 1 is 0.250 bits per heavy atom. The van der Waals surface area contributed by atoms with E-state index in [0.29, 0.717) is 11.9 Å². The number of nitrogens with zero attached hydrogens (tertiary/aromatic N) is 6. The molecule has 4 aromatic heterocycles. The second kappa shape index (κ2) is 14.4. The van der Waals surface area contributed by atoms with Gasteiger partial charge in [-0.3, -0.25) is 9.13 Å². The number of hydrogen-bond donors (Lipinski definition) is 0. The van der Waals surface area contributed by atoms with Crippen LogP contribution in [0.25, 0.3) is 122 Å². The zero-order valence-corrected chi connectivity index (χ0v) is 34.5. The molecule has 13 aromatic rings. The van der Waals surface area contributed by atoms with Crippen LogP contribution in [0.5, 0.6) is 0 Å². The second-order valence-corrected chi connectivity index (χ2v) is 16.2. The van der Waals surface area contributed by atoms with Gasteiger partial charge in [0.1, 0.15) is 0 Å². The van der Waals surface area contributed by atoms with E-state index in [9.17, 15) is 0 Å². The van der Waals surface area contributed by atoms with Gasteiger partial charge in [0, 0.05) is 43.4 Å². The lowest BCUT2D eigenvalue weighted by Gasteiger charge is -2.13. The van der Waals surface area contributed by atoms with E-state index >= 15 is 0 Å². The molecule has 0 saturated heterocycles. The monoisotopic (exact) mass is 816 g/mol. The van der Waals surface area contributed by atoms with E-state index in [1.54, 1.807) is 0 Å². The third kappa shape index (κ3) is 5.66. The van der Waals surface area contributed by atoms with Crippen LogP contribution in [0.4, 0.5) is 0 Å². The summed E-state index contributed by atoms with van der Waals surface area (Å²) in [5, 5.41) is 6.49. The molecule has 298 valence electrons. The van der Waals surface area contributed by atoms with Gasteiger partial charge in [-0.25, -0.2) is 19.9 Å². The molecule has 0 aliphatic carbocycles. The minimum absolute atomic E-state index is 0.616. The predicted molar refractivity (Wildman–Crippen MR) is 263 cm³/mol. The standard InChI is InChI=1S/C58H36N6/c1-5-17-37(18-6-1)41-29-31-43-47(35-41)59-57(61-55(43)39-21-9-3-10-22-39)63-49-27-15-13-25-45(49)53-51(63)33-34-52-54(53)46-26-14-16-28-50(46)64(52)58-60-48-36-42(38-19-7-2-8-20-38)30-32-44(48)56(62-58)40-23-11-4-12-24-40/h1-36H. The average molecular weight is 817 g/mol. The summed E-state index contributed by atoms with van der Waals surface area (Å²) in [6, 6.07) is 76.6. The van der Waals surface area contributed by atoms with Crippen molar-refractivity contribution in [2.75, 3.05) is 0 Å². The Morgan fingerprint density at radius 2 is 0.609 bits per heavy atom. The fourth-order valence-electron chi connectivity index (χ4n) is 9.64. The minimum Gasteiger partial charge on any atom is -0.278 e. The third-order valence-corrected chi connectivity index (χ3v) is 12.6. The van der Waals surface area contributed by atoms with E-state index < -0.39 is 0 Å². The lowest BCUT2D eigenvalue weighted by molar-refractivity contribution is 1.01. The lowest BCUT2D eigenvalue weighted by Crippen LogP contribution is -2.04. The van der Waals surface area contributed by atoms with E-state index in [1.165, 1.54) is 0 Å². The molecule has 0 radical (unpaired) electrons. The van der Waals surface area contributed by atoms with E-state index in [1.807, 2.05) is 24.3 Å². The van der Waals surface area contributed by atoms with Gasteiger partial charge in [0.25, 0.3) is 0 Å². The molecule has 0 spiro atoms. The molecule has 0 unspecified atom stereocenters. The Labute approximate surface area is 368 Å². The van der Waals surface area contributed by atoms with Crippen molar-refractivity contribution in [1.29, 1.82) is 0 Å². The Morgan fingerprint density at radius 3 is 1.02 bits per heavy atom. The van der Waals surface area contributed by atoms with Gasteiger partial charge >= 0.3 is 0 Å². The molecule has 0 bridgehead atoms. The molecule has 0 fully saturated rings. The first-order chi connectivity index (χ1) is 31.7. The first kappa shape index (κ1) is 36.0. The first-order valence-corrected chi connectivity index (χ1v) is 21.6. The molecular weight excluding hydrogens is 781 g/mol. The maximum Gasteiger partial charge on any atom is 0.235 e. The van der Waals surface area contributed by atoms with Crippen molar-refractivity contribution >= 4 is 65.4 Å². The summed E-state index contributed by atoms with van der Waals surface area (Å²) < 4.78 is 4.48. The fraction of sp³-hybridized carbons (Fsp3) is 0. The summed E-state index contributed by atoms with van der Waals surface area (Å²) in [4.78, 5) is 21.7. The van der Waals surface area contributed by atoms with Crippen molar-refractivity contribution in [3.8, 4) is 56.7 Å². The highest BCUT2D eigenvalue weighted by Gasteiger charge is 2.24. The van der Waals surface area contributed by atoms with Crippen LogP contribution in [-0.2, 0) is 0 Å². The Bertz CT molecular complexity index is 3670. The van der Waals surface area contributed by atoms with Crippen molar-refractivity contribution in [2.45, 2.75) is 0 Å². The predicted octanol–water partition coefficient (Wildman–Crippen LogP) is 14.4. The van der Waals surface area contributed by atoms with Gasteiger partial charge in [-0.1, -0.05) is 170 Å². The maximum absolute atomic E-state index is 5.43. The summed E-state index contributed by atoms with van der Waals surface area (Å²) in [6.07, 6.45) is 0. The number of aromatic nitrogens is 6. The molecule has 0 aliphatic rings. The summed E-state index contributed by atoms with van der Waals surface area (Å²) in [5.41, 5.74) is 14.2. The molecule has 0 aliphatic heterocycles. The molecule has 0 atom stereocenters. The molecule has 0 saturated carbocycles. The van der Waals surface area contributed by atoms with Crippen molar-refractivity contribution in [2.24, 2.45) is 0 Å². The van der Waals surface area contributed by atoms with Gasteiger partial charge < -0.3 is 0 Å². The topological polar surface area (TPSA) is 61.4 Å².